The molecule has 1 aromatic carbocycles. The van der Waals surface area contributed by atoms with E-state index in [2.05, 4.69) is 15.4 Å². The van der Waals surface area contributed by atoms with E-state index in [4.69, 9.17) is 5.26 Å². The lowest BCUT2D eigenvalue weighted by Crippen LogP contribution is -2.13. The number of non-ortho nitro benzene ring substituents is 1. The first-order chi connectivity index (χ1) is 11.1. The number of nitrogens with zero attached hydrogens (tertiary/aromatic N) is 5. The molecule has 0 aliphatic rings. The lowest BCUT2D eigenvalue weighted by atomic mass is 10.1. The van der Waals surface area contributed by atoms with Gasteiger partial charge in [-0.1, -0.05) is 0 Å². The smallest absolute Gasteiger partial charge is 0.270 e. The first kappa shape index (κ1) is 14.2. The van der Waals surface area contributed by atoms with Gasteiger partial charge in [-0.05, 0) is 12.1 Å². The van der Waals surface area contributed by atoms with Crippen molar-refractivity contribution in [3.8, 4) is 6.07 Å². The fourth-order valence-electron chi connectivity index (χ4n) is 2.02. The van der Waals surface area contributed by atoms with Crippen LogP contribution < -0.4 is 5.32 Å². The van der Waals surface area contributed by atoms with E-state index >= 15 is 0 Å². The van der Waals surface area contributed by atoms with E-state index in [1.54, 1.807) is 12.3 Å². The normalized spacial score (nSPS) is 10.2. The van der Waals surface area contributed by atoms with Crippen molar-refractivity contribution in [3.63, 3.8) is 0 Å². The molecule has 23 heavy (non-hydrogen) atoms. The maximum Gasteiger partial charge on any atom is 0.270 e. The van der Waals surface area contributed by atoms with E-state index in [1.807, 2.05) is 6.07 Å². The van der Waals surface area contributed by atoms with Gasteiger partial charge in [0.25, 0.3) is 11.6 Å². The maximum absolute atomic E-state index is 12.3. The molecule has 0 saturated heterocycles. The Balaban J connectivity index is 1.94. The number of rotatable bonds is 3. The summed E-state index contributed by atoms with van der Waals surface area (Å²) in [6.45, 7) is 0. The molecule has 0 atom stereocenters. The Morgan fingerprint density at radius 3 is 3.00 bits per heavy atom. The van der Waals surface area contributed by atoms with Gasteiger partial charge in [0.2, 0.25) is 0 Å². The molecule has 0 aliphatic heterocycles. The molecule has 0 bridgehead atoms. The van der Waals surface area contributed by atoms with Crippen LogP contribution in [-0.4, -0.2) is 25.4 Å². The van der Waals surface area contributed by atoms with Crippen LogP contribution in [0, 0.1) is 21.4 Å². The SMILES string of the molecule is N#Cc1cc([N+](=O)[O-])ccc1NC(=O)c1cnn2cccnc12. The zero-order valence-corrected chi connectivity index (χ0v) is 11.5. The quantitative estimate of drug-likeness (QED) is 0.580. The van der Waals surface area contributed by atoms with Crippen molar-refractivity contribution in [1.82, 2.24) is 14.6 Å². The van der Waals surface area contributed by atoms with Gasteiger partial charge < -0.3 is 5.32 Å². The number of aromatic nitrogens is 3. The van der Waals surface area contributed by atoms with Crippen LogP contribution >= 0.6 is 0 Å². The summed E-state index contributed by atoms with van der Waals surface area (Å²) in [5.41, 5.74) is 0.547. The predicted octanol–water partition coefficient (Wildman–Crippen LogP) is 1.76. The van der Waals surface area contributed by atoms with Gasteiger partial charge in [0.05, 0.1) is 22.4 Å². The van der Waals surface area contributed by atoms with Crippen molar-refractivity contribution in [2.75, 3.05) is 5.32 Å². The van der Waals surface area contributed by atoms with Gasteiger partial charge in [-0.15, -0.1) is 0 Å². The minimum absolute atomic E-state index is 0.00279. The second-order valence-corrected chi connectivity index (χ2v) is 4.50. The van der Waals surface area contributed by atoms with Gasteiger partial charge in [0.15, 0.2) is 5.65 Å². The van der Waals surface area contributed by atoms with Gasteiger partial charge in [-0.3, -0.25) is 14.9 Å². The van der Waals surface area contributed by atoms with E-state index < -0.39 is 10.8 Å². The molecule has 0 unspecified atom stereocenters. The summed E-state index contributed by atoms with van der Waals surface area (Å²) in [6.07, 6.45) is 4.53. The lowest BCUT2D eigenvalue weighted by molar-refractivity contribution is -0.384. The number of nitriles is 1. The topological polar surface area (TPSA) is 126 Å². The molecule has 0 fully saturated rings. The molecule has 1 N–H and O–H groups in total. The number of fused-ring (bicyclic) bond motifs is 1. The first-order valence-corrected chi connectivity index (χ1v) is 6.38. The summed E-state index contributed by atoms with van der Waals surface area (Å²) in [4.78, 5) is 26.5. The van der Waals surface area contributed by atoms with Crippen molar-refractivity contribution in [1.29, 1.82) is 5.26 Å². The molecular formula is C14H8N6O3. The van der Waals surface area contributed by atoms with Gasteiger partial charge in [0.1, 0.15) is 11.6 Å². The van der Waals surface area contributed by atoms with E-state index in [9.17, 15) is 14.9 Å². The molecule has 0 spiro atoms. The number of hydrogen-bond donors (Lipinski definition) is 1. The molecule has 112 valence electrons. The van der Waals surface area contributed by atoms with Crippen LogP contribution in [0.4, 0.5) is 11.4 Å². The summed E-state index contributed by atoms with van der Waals surface area (Å²) < 4.78 is 1.44. The third kappa shape index (κ3) is 2.56. The second kappa shape index (κ2) is 5.53. The average molecular weight is 308 g/mol. The summed E-state index contributed by atoms with van der Waals surface area (Å²) in [6, 6.07) is 7.12. The highest BCUT2D eigenvalue weighted by Gasteiger charge is 2.17. The van der Waals surface area contributed by atoms with E-state index in [-0.39, 0.29) is 22.5 Å². The number of benzene rings is 1. The number of nitro groups is 1. The molecule has 2 heterocycles. The Hall–Kier alpha value is -3.80. The van der Waals surface area contributed by atoms with Crippen LogP contribution in [0.1, 0.15) is 15.9 Å². The van der Waals surface area contributed by atoms with Crippen molar-refractivity contribution < 1.29 is 9.72 Å². The van der Waals surface area contributed by atoms with Crippen LogP contribution in [0.5, 0.6) is 0 Å². The minimum Gasteiger partial charge on any atom is -0.321 e. The lowest BCUT2D eigenvalue weighted by Gasteiger charge is -2.05. The largest absolute Gasteiger partial charge is 0.321 e. The monoisotopic (exact) mass is 308 g/mol. The first-order valence-electron chi connectivity index (χ1n) is 6.38. The average Bonchev–Trinajstić information content (AvgIpc) is 2.99. The third-order valence-electron chi connectivity index (χ3n) is 3.11. The number of anilines is 1. The zero-order valence-electron chi connectivity index (χ0n) is 11.5. The highest BCUT2D eigenvalue weighted by atomic mass is 16.6. The fourth-order valence-corrected chi connectivity index (χ4v) is 2.02. The maximum atomic E-state index is 12.3. The van der Waals surface area contributed by atoms with Crippen molar-refractivity contribution >= 4 is 22.9 Å². The molecule has 2 aromatic heterocycles. The molecular weight excluding hydrogens is 300 g/mol. The van der Waals surface area contributed by atoms with Crippen LogP contribution in [0.3, 0.4) is 0 Å². The molecule has 1 amide bonds. The van der Waals surface area contributed by atoms with Crippen LogP contribution in [-0.2, 0) is 0 Å². The van der Waals surface area contributed by atoms with E-state index in [0.29, 0.717) is 5.65 Å². The Morgan fingerprint density at radius 1 is 1.43 bits per heavy atom. The Kier molecular flexibility index (Phi) is 3.40. The Bertz CT molecular complexity index is 972. The van der Waals surface area contributed by atoms with E-state index in [1.165, 1.54) is 29.0 Å². The van der Waals surface area contributed by atoms with Crippen LogP contribution in [0.25, 0.3) is 5.65 Å². The molecule has 0 saturated carbocycles. The number of carbonyl (C=O) groups excluding carboxylic acids is 1. The predicted molar refractivity (Wildman–Crippen MR) is 78.8 cm³/mol. The number of amides is 1. The highest BCUT2D eigenvalue weighted by Crippen LogP contribution is 2.22. The summed E-state index contributed by atoms with van der Waals surface area (Å²) in [5.74, 6) is -0.510. The number of nitro benzene ring substituents is 1. The molecule has 0 radical (unpaired) electrons. The Morgan fingerprint density at radius 2 is 2.26 bits per heavy atom. The number of hydrogen-bond acceptors (Lipinski definition) is 6. The molecule has 9 nitrogen and oxygen atoms in total. The van der Waals surface area contributed by atoms with Crippen molar-refractivity contribution in [3.05, 3.63) is 64.1 Å². The Labute approximate surface area is 129 Å². The second-order valence-electron chi connectivity index (χ2n) is 4.50. The fraction of sp³-hybridized carbons (Fsp3) is 0. The van der Waals surface area contributed by atoms with Gasteiger partial charge in [-0.2, -0.15) is 10.4 Å². The van der Waals surface area contributed by atoms with E-state index in [0.717, 1.165) is 6.07 Å². The summed E-state index contributed by atoms with van der Waals surface area (Å²) in [7, 11) is 0. The van der Waals surface area contributed by atoms with Crippen LogP contribution in [0.2, 0.25) is 0 Å². The molecule has 0 aliphatic carbocycles. The van der Waals surface area contributed by atoms with Crippen molar-refractivity contribution in [2.24, 2.45) is 0 Å². The molecule has 3 aromatic rings. The minimum atomic E-state index is -0.609. The van der Waals surface area contributed by atoms with Crippen LogP contribution in [0.15, 0.2) is 42.9 Å². The van der Waals surface area contributed by atoms with Gasteiger partial charge in [-0.25, -0.2) is 9.50 Å². The molecule has 9 heteroatoms. The standard InChI is InChI=1S/C14H8N6O3/c15-7-9-6-10(20(22)23)2-3-12(9)18-14(21)11-8-17-19-5-1-4-16-13(11)19/h1-6,8H,(H,18,21). The van der Waals surface area contributed by atoms with Crippen molar-refractivity contribution in [2.45, 2.75) is 0 Å². The van der Waals surface area contributed by atoms with Gasteiger partial charge >= 0.3 is 0 Å². The highest BCUT2D eigenvalue weighted by molar-refractivity contribution is 6.08. The number of nitrogens with one attached hydrogen (secondary N) is 1. The van der Waals surface area contributed by atoms with Gasteiger partial charge in [0, 0.05) is 24.5 Å². The summed E-state index contributed by atoms with van der Waals surface area (Å²) >= 11 is 0. The number of carbonyl (C=O) groups is 1. The molecule has 3 rings (SSSR count). The third-order valence-corrected chi connectivity index (χ3v) is 3.11. The zero-order chi connectivity index (χ0) is 16.4. The summed E-state index contributed by atoms with van der Waals surface area (Å²) in [5, 5.41) is 26.4.